The summed E-state index contributed by atoms with van der Waals surface area (Å²) in [6.45, 7) is 10.6. The molecule has 3 nitrogen and oxygen atoms in total. The van der Waals surface area contributed by atoms with Crippen LogP contribution in [-0.2, 0) is 6.54 Å². The van der Waals surface area contributed by atoms with Gasteiger partial charge in [0.1, 0.15) is 5.82 Å². The summed E-state index contributed by atoms with van der Waals surface area (Å²) in [4.78, 5) is 4.71. The Morgan fingerprint density at radius 3 is 2.38 bits per heavy atom. The van der Waals surface area contributed by atoms with Gasteiger partial charge in [-0.2, -0.15) is 0 Å². The zero-order valence-electron chi connectivity index (χ0n) is 13.6. The molecule has 2 aromatic rings. The molecule has 1 aromatic heterocycles. The van der Waals surface area contributed by atoms with Gasteiger partial charge < -0.3 is 11.1 Å². The molecule has 1 heterocycles. The summed E-state index contributed by atoms with van der Waals surface area (Å²) >= 11 is 0. The molecule has 3 heteroatoms. The second-order valence-electron chi connectivity index (χ2n) is 6.42. The van der Waals surface area contributed by atoms with Gasteiger partial charge >= 0.3 is 0 Å². The highest BCUT2D eigenvalue weighted by molar-refractivity contribution is 5.83. The molecule has 21 heavy (non-hydrogen) atoms. The predicted octanol–water partition coefficient (Wildman–Crippen LogP) is 4.03. The van der Waals surface area contributed by atoms with Crippen molar-refractivity contribution in [3.63, 3.8) is 0 Å². The maximum Gasteiger partial charge on any atom is 0.126 e. The molecule has 0 radical (unpaired) electrons. The molecule has 114 valence electrons. The van der Waals surface area contributed by atoms with Crippen molar-refractivity contribution in [2.45, 2.75) is 34.2 Å². The minimum atomic E-state index is 0.537. The maximum absolute atomic E-state index is 5.88. The number of rotatable bonds is 6. The zero-order chi connectivity index (χ0) is 15.4. The standard InChI is InChI=1S/C18H27N3/c1-12(2)16(13(3)4)11-20-18-9-14(10-19)15-7-5-6-8-17(15)21-18/h5-9,12-13,16H,10-11,19H2,1-4H3,(H,20,21). The lowest BCUT2D eigenvalue weighted by Gasteiger charge is -2.25. The van der Waals surface area contributed by atoms with E-state index in [0.29, 0.717) is 24.3 Å². The Bertz CT molecular complexity index is 582. The molecule has 0 saturated heterocycles. The number of pyridine rings is 1. The number of aromatic nitrogens is 1. The molecule has 0 atom stereocenters. The number of nitrogens with zero attached hydrogens (tertiary/aromatic N) is 1. The van der Waals surface area contributed by atoms with E-state index in [0.717, 1.165) is 28.8 Å². The van der Waals surface area contributed by atoms with E-state index in [1.807, 2.05) is 18.2 Å². The second-order valence-corrected chi connectivity index (χ2v) is 6.42. The molecule has 0 spiro atoms. The molecule has 0 saturated carbocycles. The van der Waals surface area contributed by atoms with Crippen LogP contribution in [0.5, 0.6) is 0 Å². The number of hydrogen-bond acceptors (Lipinski definition) is 3. The lowest BCUT2D eigenvalue weighted by Crippen LogP contribution is -2.25. The van der Waals surface area contributed by atoms with Crippen molar-refractivity contribution in [2.24, 2.45) is 23.5 Å². The number of anilines is 1. The fourth-order valence-electron chi connectivity index (χ4n) is 2.97. The summed E-state index contributed by atoms with van der Waals surface area (Å²) in [6.07, 6.45) is 0. The van der Waals surface area contributed by atoms with Gasteiger partial charge in [0.2, 0.25) is 0 Å². The number of fused-ring (bicyclic) bond motifs is 1. The highest BCUT2D eigenvalue weighted by Gasteiger charge is 2.17. The molecular formula is C18H27N3. The fraction of sp³-hybridized carbons (Fsp3) is 0.500. The average Bonchev–Trinajstić information content (AvgIpc) is 2.45. The quantitative estimate of drug-likeness (QED) is 0.842. The Hall–Kier alpha value is -1.61. The van der Waals surface area contributed by atoms with E-state index in [4.69, 9.17) is 10.7 Å². The van der Waals surface area contributed by atoms with E-state index in [2.05, 4.69) is 45.1 Å². The Morgan fingerprint density at radius 2 is 1.76 bits per heavy atom. The van der Waals surface area contributed by atoms with Crippen LogP contribution >= 0.6 is 0 Å². The second kappa shape index (κ2) is 6.90. The molecule has 0 aliphatic carbocycles. The normalized spacial score (nSPS) is 11.8. The van der Waals surface area contributed by atoms with Gasteiger partial charge in [0.05, 0.1) is 5.52 Å². The number of hydrogen-bond donors (Lipinski definition) is 2. The third-order valence-corrected chi connectivity index (χ3v) is 4.25. The van der Waals surface area contributed by atoms with Crippen LogP contribution in [0.15, 0.2) is 30.3 Å². The van der Waals surface area contributed by atoms with Gasteiger partial charge in [-0.15, -0.1) is 0 Å². The average molecular weight is 285 g/mol. The molecule has 3 N–H and O–H groups in total. The van der Waals surface area contributed by atoms with Crippen molar-refractivity contribution in [3.05, 3.63) is 35.9 Å². The number of para-hydroxylation sites is 1. The summed E-state index contributed by atoms with van der Waals surface area (Å²) in [5.41, 5.74) is 8.04. The van der Waals surface area contributed by atoms with Gasteiger partial charge in [0.25, 0.3) is 0 Å². The first kappa shape index (κ1) is 15.8. The summed E-state index contributed by atoms with van der Waals surface area (Å²) < 4.78 is 0. The van der Waals surface area contributed by atoms with Crippen molar-refractivity contribution in [3.8, 4) is 0 Å². The van der Waals surface area contributed by atoms with Gasteiger partial charge in [-0.3, -0.25) is 0 Å². The van der Waals surface area contributed by atoms with E-state index < -0.39 is 0 Å². The van der Waals surface area contributed by atoms with Crippen LogP contribution in [0.2, 0.25) is 0 Å². The minimum absolute atomic E-state index is 0.537. The molecule has 2 rings (SSSR count). The lowest BCUT2D eigenvalue weighted by atomic mass is 9.85. The van der Waals surface area contributed by atoms with E-state index in [1.165, 1.54) is 0 Å². The molecule has 0 unspecified atom stereocenters. The van der Waals surface area contributed by atoms with Crippen LogP contribution in [0.25, 0.3) is 10.9 Å². The summed E-state index contributed by atoms with van der Waals surface area (Å²) in [5.74, 6) is 2.89. The molecular weight excluding hydrogens is 258 g/mol. The Labute approximate surface area is 128 Å². The first-order chi connectivity index (χ1) is 10.0. The Balaban J connectivity index is 2.22. The number of nitrogens with two attached hydrogens (primary N) is 1. The smallest absolute Gasteiger partial charge is 0.126 e. The third-order valence-electron chi connectivity index (χ3n) is 4.25. The lowest BCUT2D eigenvalue weighted by molar-refractivity contribution is 0.304. The number of benzene rings is 1. The Kier molecular flexibility index (Phi) is 5.18. The molecule has 0 fully saturated rings. The topological polar surface area (TPSA) is 50.9 Å². The van der Waals surface area contributed by atoms with E-state index in [9.17, 15) is 0 Å². The monoisotopic (exact) mass is 285 g/mol. The van der Waals surface area contributed by atoms with Gasteiger partial charge in [-0.05, 0) is 35.4 Å². The molecule has 0 aliphatic rings. The fourth-order valence-corrected chi connectivity index (χ4v) is 2.97. The predicted molar refractivity (Wildman–Crippen MR) is 91.3 cm³/mol. The Morgan fingerprint density at radius 1 is 1.10 bits per heavy atom. The summed E-state index contributed by atoms with van der Waals surface area (Å²) in [7, 11) is 0. The summed E-state index contributed by atoms with van der Waals surface area (Å²) in [6, 6.07) is 10.3. The van der Waals surface area contributed by atoms with Crippen molar-refractivity contribution in [2.75, 3.05) is 11.9 Å². The van der Waals surface area contributed by atoms with Crippen LogP contribution in [0, 0.1) is 17.8 Å². The third kappa shape index (κ3) is 3.73. The van der Waals surface area contributed by atoms with Crippen LogP contribution < -0.4 is 11.1 Å². The van der Waals surface area contributed by atoms with Crippen molar-refractivity contribution < 1.29 is 0 Å². The first-order valence-electron chi connectivity index (χ1n) is 7.85. The van der Waals surface area contributed by atoms with Gasteiger partial charge in [0, 0.05) is 18.5 Å². The molecule has 0 aliphatic heterocycles. The molecule has 0 amide bonds. The van der Waals surface area contributed by atoms with Crippen molar-refractivity contribution in [1.29, 1.82) is 0 Å². The van der Waals surface area contributed by atoms with Crippen LogP contribution in [-0.4, -0.2) is 11.5 Å². The van der Waals surface area contributed by atoms with E-state index in [1.54, 1.807) is 0 Å². The van der Waals surface area contributed by atoms with Gasteiger partial charge in [-0.1, -0.05) is 45.9 Å². The van der Waals surface area contributed by atoms with Crippen molar-refractivity contribution in [1.82, 2.24) is 4.98 Å². The van der Waals surface area contributed by atoms with Gasteiger partial charge in [0.15, 0.2) is 0 Å². The maximum atomic E-state index is 5.88. The highest BCUT2D eigenvalue weighted by Crippen LogP contribution is 2.23. The van der Waals surface area contributed by atoms with E-state index in [-0.39, 0.29) is 0 Å². The largest absolute Gasteiger partial charge is 0.370 e. The van der Waals surface area contributed by atoms with Crippen LogP contribution in [0.1, 0.15) is 33.3 Å². The van der Waals surface area contributed by atoms with Crippen LogP contribution in [0.4, 0.5) is 5.82 Å². The zero-order valence-corrected chi connectivity index (χ0v) is 13.6. The van der Waals surface area contributed by atoms with Gasteiger partial charge in [-0.25, -0.2) is 4.98 Å². The van der Waals surface area contributed by atoms with Crippen LogP contribution in [0.3, 0.4) is 0 Å². The molecule has 0 bridgehead atoms. The summed E-state index contributed by atoms with van der Waals surface area (Å²) in [5, 5.41) is 4.66. The van der Waals surface area contributed by atoms with E-state index >= 15 is 0 Å². The SMILES string of the molecule is CC(C)C(CNc1cc(CN)c2ccccc2n1)C(C)C. The first-order valence-corrected chi connectivity index (χ1v) is 7.85. The van der Waals surface area contributed by atoms with Crippen molar-refractivity contribution >= 4 is 16.7 Å². The highest BCUT2D eigenvalue weighted by atomic mass is 15.0. The number of nitrogens with one attached hydrogen (secondary N) is 1. The minimum Gasteiger partial charge on any atom is -0.370 e. The molecule has 1 aromatic carbocycles.